The van der Waals surface area contributed by atoms with Gasteiger partial charge in [0.05, 0.1) is 23.3 Å². The number of carbonyl (C=O) groups excluding carboxylic acids is 1. The SMILES string of the molecule is N#Cc1ccc(NC(=O)N2CC[C@H](O)C2)cc1C(F)(F)F. The molecule has 2 rings (SSSR count). The number of hydrogen-bond acceptors (Lipinski definition) is 3. The Bertz CT molecular complexity index is 595. The first-order valence-electron chi connectivity index (χ1n) is 6.16. The van der Waals surface area contributed by atoms with Crippen molar-refractivity contribution in [3.63, 3.8) is 0 Å². The van der Waals surface area contributed by atoms with E-state index in [2.05, 4.69) is 5.32 Å². The van der Waals surface area contributed by atoms with Crippen molar-refractivity contribution in [3.05, 3.63) is 29.3 Å². The van der Waals surface area contributed by atoms with Gasteiger partial charge in [-0.2, -0.15) is 18.4 Å². The van der Waals surface area contributed by atoms with E-state index >= 15 is 0 Å². The molecule has 0 bridgehead atoms. The van der Waals surface area contributed by atoms with E-state index in [9.17, 15) is 23.1 Å². The quantitative estimate of drug-likeness (QED) is 0.834. The topological polar surface area (TPSA) is 76.4 Å². The van der Waals surface area contributed by atoms with Crippen molar-refractivity contribution < 1.29 is 23.1 Å². The summed E-state index contributed by atoms with van der Waals surface area (Å²) in [6.07, 6.45) is -4.84. The second-order valence-corrected chi connectivity index (χ2v) is 4.69. The van der Waals surface area contributed by atoms with Crippen LogP contribution in [0.5, 0.6) is 0 Å². The zero-order valence-electron chi connectivity index (χ0n) is 10.8. The molecule has 112 valence electrons. The number of urea groups is 1. The predicted molar refractivity (Wildman–Crippen MR) is 67.4 cm³/mol. The molecule has 2 N–H and O–H groups in total. The summed E-state index contributed by atoms with van der Waals surface area (Å²) in [6, 6.07) is 3.86. The molecule has 1 aliphatic heterocycles. The Labute approximate surface area is 118 Å². The van der Waals surface area contributed by atoms with Crippen LogP contribution in [0.4, 0.5) is 23.7 Å². The van der Waals surface area contributed by atoms with Crippen molar-refractivity contribution in [3.8, 4) is 6.07 Å². The van der Waals surface area contributed by atoms with Crippen LogP contribution in [0, 0.1) is 11.3 Å². The molecular formula is C13H12F3N3O2. The number of aliphatic hydroxyl groups is 1. The van der Waals surface area contributed by atoms with Gasteiger partial charge in [0.2, 0.25) is 0 Å². The molecule has 0 radical (unpaired) electrons. The smallest absolute Gasteiger partial charge is 0.391 e. The average Bonchev–Trinajstić information content (AvgIpc) is 2.84. The van der Waals surface area contributed by atoms with Crippen LogP contribution >= 0.6 is 0 Å². The maximum Gasteiger partial charge on any atom is 0.417 e. The number of rotatable bonds is 1. The van der Waals surface area contributed by atoms with Crippen LogP contribution in [0.25, 0.3) is 0 Å². The highest BCUT2D eigenvalue weighted by Crippen LogP contribution is 2.33. The number of hydrogen-bond donors (Lipinski definition) is 2. The Balaban J connectivity index is 2.18. The summed E-state index contributed by atoms with van der Waals surface area (Å²) in [6.45, 7) is 0.490. The maximum atomic E-state index is 12.8. The molecule has 8 heteroatoms. The van der Waals surface area contributed by atoms with Gasteiger partial charge in [-0.25, -0.2) is 4.79 Å². The fraction of sp³-hybridized carbons (Fsp3) is 0.385. The van der Waals surface area contributed by atoms with Gasteiger partial charge in [0.1, 0.15) is 0 Å². The van der Waals surface area contributed by atoms with Crippen molar-refractivity contribution in [1.82, 2.24) is 4.90 Å². The highest BCUT2D eigenvalue weighted by molar-refractivity contribution is 5.89. The van der Waals surface area contributed by atoms with E-state index in [4.69, 9.17) is 5.26 Å². The number of alkyl halides is 3. The number of β-amino-alcohol motifs (C(OH)–C–C–N with tert-alkyl or cyclic N) is 1. The fourth-order valence-corrected chi connectivity index (χ4v) is 2.08. The zero-order chi connectivity index (χ0) is 15.6. The molecule has 0 aromatic heterocycles. The minimum absolute atomic E-state index is 0.0484. The van der Waals surface area contributed by atoms with Crippen molar-refractivity contribution in [1.29, 1.82) is 5.26 Å². The van der Waals surface area contributed by atoms with Crippen molar-refractivity contribution in [2.75, 3.05) is 18.4 Å². The number of aliphatic hydroxyl groups excluding tert-OH is 1. The van der Waals surface area contributed by atoms with Crippen LogP contribution in [0.15, 0.2) is 18.2 Å². The van der Waals surface area contributed by atoms with E-state index in [1.165, 1.54) is 17.0 Å². The molecule has 1 saturated heterocycles. The van der Waals surface area contributed by atoms with Gasteiger partial charge in [-0.15, -0.1) is 0 Å². The number of halogens is 3. The molecular weight excluding hydrogens is 287 g/mol. The minimum atomic E-state index is -4.67. The average molecular weight is 299 g/mol. The third kappa shape index (κ3) is 3.44. The van der Waals surface area contributed by atoms with Crippen LogP contribution in [0.3, 0.4) is 0 Å². The lowest BCUT2D eigenvalue weighted by molar-refractivity contribution is -0.137. The summed E-state index contributed by atoms with van der Waals surface area (Å²) in [4.78, 5) is 13.1. The molecule has 0 aliphatic carbocycles. The van der Waals surface area contributed by atoms with E-state index < -0.39 is 29.4 Å². The van der Waals surface area contributed by atoms with Gasteiger partial charge in [0.25, 0.3) is 0 Å². The van der Waals surface area contributed by atoms with Gasteiger partial charge >= 0.3 is 12.2 Å². The zero-order valence-corrected chi connectivity index (χ0v) is 10.8. The first-order valence-corrected chi connectivity index (χ1v) is 6.16. The van der Waals surface area contributed by atoms with Gasteiger partial charge < -0.3 is 15.3 Å². The predicted octanol–water partition coefficient (Wildman–Crippen LogP) is 2.18. The van der Waals surface area contributed by atoms with Crippen LogP contribution in [-0.4, -0.2) is 35.2 Å². The summed E-state index contributed by atoms with van der Waals surface area (Å²) in [7, 11) is 0. The van der Waals surface area contributed by atoms with Gasteiger partial charge in [0.15, 0.2) is 0 Å². The van der Waals surface area contributed by atoms with E-state index in [1.807, 2.05) is 0 Å². The molecule has 0 saturated carbocycles. The second-order valence-electron chi connectivity index (χ2n) is 4.69. The number of anilines is 1. The summed E-state index contributed by atoms with van der Waals surface area (Å²) in [5, 5.41) is 20.3. The molecule has 1 aromatic rings. The number of nitriles is 1. The second kappa shape index (κ2) is 5.61. The van der Waals surface area contributed by atoms with Gasteiger partial charge in [0, 0.05) is 18.8 Å². The van der Waals surface area contributed by atoms with Crippen LogP contribution in [0.1, 0.15) is 17.5 Å². The highest BCUT2D eigenvalue weighted by Gasteiger charge is 2.34. The lowest BCUT2D eigenvalue weighted by Gasteiger charge is -2.17. The summed E-state index contributed by atoms with van der Waals surface area (Å²) in [5.74, 6) is 0. The maximum absolute atomic E-state index is 12.8. The van der Waals surface area contributed by atoms with Crippen molar-refractivity contribution in [2.45, 2.75) is 18.7 Å². The molecule has 0 unspecified atom stereocenters. The summed E-state index contributed by atoms with van der Waals surface area (Å²) < 4.78 is 38.4. The lowest BCUT2D eigenvalue weighted by atomic mass is 10.1. The molecule has 1 heterocycles. The number of likely N-dealkylation sites (tertiary alicyclic amines) is 1. The fourth-order valence-electron chi connectivity index (χ4n) is 2.08. The van der Waals surface area contributed by atoms with Gasteiger partial charge in [-0.05, 0) is 24.6 Å². The van der Waals surface area contributed by atoms with E-state index in [0.29, 0.717) is 13.0 Å². The molecule has 0 spiro atoms. The monoisotopic (exact) mass is 299 g/mol. The van der Waals surface area contributed by atoms with Gasteiger partial charge in [-0.3, -0.25) is 0 Å². The number of nitrogens with zero attached hydrogens (tertiary/aromatic N) is 2. The van der Waals surface area contributed by atoms with Crippen molar-refractivity contribution >= 4 is 11.7 Å². The third-order valence-electron chi connectivity index (χ3n) is 3.15. The van der Waals surface area contributed by atoms with E-state index in [-0.39, 0.29) is 12.2 Å². The number of carbonyl (C=O) groups is 1. The van der Waals surface area contributed by atoms with E-state index in [0.717, 1.165) is 12.1 Å². The molecule has 1 atom stereocenters. The first kappa shape index (κ1) is 15.1. The largest absolute Gasteiger partial charge is 0.417 e. The van der Waals surface area contributed by atoms with Gasteiger partial charge in [-0.1, -0.05) is 0 Å². The third-order valence-corrected chi connectivity index (χ3v) is 3.15. The summed E-state index contributed by atoms with van der Waals surface area (Å²) >= 11 is 0. The minimum Gasteiger partial charge on any atom is -0.391 e. The summed E-state index contributed by atoms with van der Waals surface area (Å²) in [5.41, 5.74) is -1.64. The molecule has 1 fully saturated rings. The lowest BCUT2D eigenvalue weighted by Crippen LogP contribution is -2.33. The van der Waals surface area contributed by atoms with E-state index in [1.54, 1.807) is 0 Å². The Morgan fingerprint density at radius 1 is 1.48 bits per heavy atom. The normalized spacial score (nSPS) is 18.4. The van der Waals surface area contributed by atoms with Crippen molar-refractivity contribution in [2.24, 2.45) is 0 Å². The molecule has 2 amide bonds. The Kier molecular flexibility index (Phi) is 4.04. The molecule has 1 aliphatic rings. The number of benzene rings is 1. The standard InChI is InChI=1S/C13H12F3N3O2/c14-13(15,16)11-5-9(2-1-8(11)6-17)18-12(21)19-4-3-10(20)7-19/h1-2,5,10,20H,3-4,7H2,(H,18,21)/t10-/m0/s1. The van der Waals surface area contributed by atoms with Crippen LogP contribution in [0.2, 0.25) is 0 Å². The highest BCUT2D eigenvalue weighted by atomic mass is 19.4. The molecule has 5 nitrogen and oxygen atoms in total. The van der Waals surface area contributed by atoms with Crippen LogP contribution in [-0.2, 0) is 6.18 Å². The Morgan fingerprint density at radius 3 is 2.71 bits per heavy atom. The molecule has 21 heavy (non-hydrogen) atoms. The number of amides is 2. The Hall–Kier alpha value is -2.27. The molecule has 1 aromatic carbocycles. The van der Waals surface area contributed by atoms with Crippen LogP contribution < -0.4 is 5.32 Å². The number of nitrogens with one attached hydrogen (secondary N) is 1. The first-order chi connectivity index (χ1) is 9.81. The Morgan fingerprint density at radius 2 is 2.19 bits per heavy atom.